The van der Waals surface area contributed by atoms with Gasteiger partial charge >= 0.3 is 5.97 Å². The highest BCUT2D eigenvalue weighted by Crippen LogP contribution is 2.36. The molecule has 1 aliphatic heterocycles. The van der Waals surface area contributed by atoms with Crippen molar-refractivity contribution in [3.63, 3.8) is 0 Å². The number of esters is 1. The maximum absolute atomic E-state index is 13.5. The number of rotatable bonds is 6. The molecule has 2 aromatic rings. The molecule has 2 unspecified atom stereocenters. The summed E-state index contributed by atoms with van der Waals surface area (Å²) in [5.74, 6) is -0.257. The van der Waals surface area contributed by atoms with Crippen molar-refractivity contribution in [2.24, 2.45) is 0 Å². The molecule has 8 heteroatoms. The SMILES string of the molecule is CCCOC(=O)c1cnc2c(OC)cccc2c1S(=O)(=O)C1CCOC1C. The number of methoxy groups -OCH3 is 1. The lowest BCUT2D eigenvalue weighted by molar-refractivity contribution is 0.0500. The minimum Gasteiger partial charge on any atom is -0.494 e. The van der Waals surface area contributed by atoms with Gasteiger partial charge in [0.25, 0.3) is 0 Å². The van der Waals surface area contributed by atoms with Gasteiger partial charge < -0.3 is 14.2 Å². The number of fused-ring (bicyclic) bond motifs is 1. The van der Waals surface area contributed by atoms with Gasteiger partial charge in [0.2, 0.25) is 0 Å². The first-order chi connectivity index (χ1) is 12.9. The van der Waals surface area contributed by atoms with Gasteiger partial charge in [0.05, 0.1) is 35.5 Å². The van der Waals surface area contributed by atoms with E-state index >= 15 is 0 Å². The number of para-hydroxylation sites is 1. The summed E-state index contributed by atoms with van der Waals surface area (Å²) < 4.78 is 43.0. The van der Waals surface area contributed by atoms with Crippen molar-refractivity contribution >= 4 is 26.7 Å². The Hall–Kier alpha value is -2.19. The zero-order valence-electron chi connectivity index (χ0n) is 15.6. The average molecular weight is 393 g/mol. The Bertz CT molecular complexity index is 956. The molecule has 146 valence electrons. The van der Waals surface area contributed by atoms with Gasteiger partial charge in [0, 0.05) is 18.2 Å². The van der Waals surface area contributed by atoms with Crippen LogP contribution < -0.4 is 4.74 Å². The fourth-order valence-electron chi connectivity index (χ4n) is 3.33. The van der Waals surface area contributed by atoms with Gasteiger partial charge in [-0.3, -0.25) is 4.98 Å². The second-order valence-electron chi connectivity index (χ2n) is 6.44. The van der Waals surface area contributed by atoms with Crippen LogP contribution in [0.4, 0.5) is 0 Å². The Labute approximate surface area is 158 Å². The van der Waals surface area contributed by atoms with E-state index < -0.39 is 27.2 Å². The number of aromatic nitrogens is 1. The molecule has 0 aliphatic carbocycles. The monoisotopic (exact) mass is 393 g/mol. The van der Waals surface area contributed by atoms with Crippen molar-refractivity contribution in [1.29, 1.82) is 0 Å². The summed E-state index contributed by atoms with van der Waals surface area (Å²) in [5.41, 5.74) is 0.334. The summed E-state index contributed by atoms with van der Waals surface area (Å²) >= 11 is 0. The quantitative estimate of drug-likeness (QED) is 0.697. The molecule has 1 aliphatic rings. The molecule has 0 radical (unpaired) electrons. The molecule has 7 nitrogen and oxygen atoms in total. The molecule has 1 saturated heterocycles. The molecule has 0 bridgehead atoms. The lowest BCUT2D eigenvalue weighted by Gasteiger charge is -2.19. The minimum absolute atomic E-state index is 0.0525. The molecule has 1 fully saturated rings. The van der Waals surface area contributed by atoms with Crippen LogP contribution in [0.5, 0.6) is 5.75 Å². The molecule has 3 rings (SSSR count). The van der Waals surface area contributed by atoms with Crippen LogP contribution in [0.1, 0.15) is 37.0 Å². The minimum atomic E-state index is -3.86. The topological polar surface area (TPSA) is 91.8 Å². The van der Waals surface area contributed by atoms with Gasteiger partial charge in [0.1, 0.15) is 11.3 Å². The van der Waals surface area contributed by atoms with Crippen molar-refractivity contribution in [2.75, 3.05) is 20.3 Å². The highest BCUT2D eigenvalue weighted by molar-refractivity contribution is 7.92. The van der Waals surface area contributed by atoms with Crippen LogP contribution in [-0.2, 0) is 19.3 Å². The van der Waals surface area contributed by atoms with E-state index in [1.54, 1.807) is 25.1 Å². The third-order valence-electron chi connectivity index (χ3n) is 4.68. The number of sulfone groups is 1. The van der Waals surface area contributed by atoms with Crippen LogP contribution in [0.2, 0.25) is 0 Å². The molecule has 0 spiro atoms. The zero-order valence-corrected chi connectivity index (χ0v) is 16.4. The first-order valence-corrected chi connectivity index (χ1v) is 10.4. The van der Waals surface area contributed by atoms with Crippen LogP contribution in [-0.4, -0.2) is 51.0 Å². The Kier molecular flexibility index (Phi) is 5.67. The highest BCUT2D eigenvalue weighted by atomic mass is 32.2. The molecule has 0 amide bonds. The van der Waals surface area contributed by atoms with Crippen molar-refractivity contribution in [3.8, 4) is 5.75 Å². The maximum Gasteiger partial charge on any atom is 0.341 e. The standard InChI is InChI=1S/C19H23NO6S/c1-4-9-26-19(21)14-11-20-17-13(6-5-7-15(17)24-3)18(14)27(22,23)16-8-10-25-12(16)2/h5-7,11-12,16H,4,8-10H2,1-3H3. The third kappa shape index (κ3) is 3.51. The predicted octanol–water partition coefficient (Wildman–Crippen LogP) is 2.76. The number of carbonyl (C=O) groups is 1. The van der Waals surface area contributed by atoms with Crippen LogP contribution >= 0.6 is 0 Å². The smallest absolute Gasteiger partial charge is 0.341 e. The Balaban J connectivity index is 2.27. The summed E-state index contributed by atoms with van der Waals surface area (Å²) in [7, 11) is -2.37. The van der Waals surface area contributed by atoms with E-state index in [4.69, 9.17) is 14.2 Å². The number of pyridine rings is 1. The molecule has 27 heavy (non-hydrogen) atoms. The second kappa shape index (κ2) is 7.82. The first-order valence-electron chi connectivity index (χ1n) is 8.90. The van der Waals surface area contributed by atoms with Gasteiger partial charge in [0.15, 0.2) is 9.84 Å². The molecule has 2 atom stereocenters. The fourth-order valence-corrected chi connectivity index (χ4v) is 5.54. The number of hydrogen-bond donors (Lipinski definition) is 0. The van der Waals surface area contributed by atoms with Crippen LogP contribution in [0.15, 0.2) is 29.3 Å². The lowest BCUT2D eigenvalue weighted by Crippen LogP contribution is -2.30. The van der Waals surface area contributed by atoms with Crippen LogP contribution in [0, 0.1) is 0 Å². The van der Waals surface area contributed by atoms with Crippen LogP contribution in [0.25, 0.3) is 10.9 Å². The summed E-state index contributed by atoms with van der Waals surface area (Å²) in [4.78, 5) is 16.8. The number of ether oxygens (including phenoxy) is 3. The molecular weight excluding hydrogens is 370 g/mol. The van der Waals surface area contributed by atoms with Gasteiger partial charge in [-0.05, 0) is 25.8 Å². The number of nitrogens with zero attached hydrogens (tertiary/aromatic N) is 1. The Morgan fingerprint density at radius 1 is 1.37 bits per heavy atom. The molecular formula is C19H23NO6S. The fraction of sp³-hybridized carbons (Fsp3) is 0.474. The van der Waals surface area contributed by atoms with E-state index in [2.05, 4.69) is 4.98 Å². The van der Waals surface area contributed by atoms with Crippen LogP contribution in [0.3, 0.4) is 0 Å². The van der Waals surface area contributed by atoms with E-state index in [1.165, 1.54) is 13.3 Å². The van der Waals surface area contributed by atoms with Gasteiger partial charge in [-0.1, -0.05) is 19.1 Å². The summed E-state index contributed by atoms with van der Waals surface area (Å²) in [5, 5.41) is -0.383. The predicted molar refractivity (Wildman–Crippen MR) is 99.9 cm³/mol. The van der Waals surface area contributed by atoms with E-state index in [9.17, 15) is 13.2 Å². The largest absolute Gasteiger partial charge is 0.494 e. The van der Waals surface area contributed by atoms with Crippen molar-refractivity contribution in [3.05, 3.63) is 30.0 Å². The number of carbonyl (C=O) groups excluding carboxylic acids is 1. The molecule has 0 N–H and O–H groups in total. The van der Waals surface area contributed by atoms with E-state index in [1.807, 2.05) is 6.92 Å². The Morgan fingerprint density at radius 3 is 2.78 bits per heavy atom. The Morgan fingerprint density at radius 2 is 2.15 bits per heavy atom. The third-order valence-corrected chi connectivity index (χ3v) is 7.10. The van der Waals surface area contributed by atoms with E-state index in [0.29, 0.717) is 36.1 Å². The summed E-state index contributed by atoms with van der Waals surface area (Å²) in [6.07, 6.45) is 1.82. The number of hydrogen-bond acceptors (Lipinski definition) is 7. The first kappa shape index (κ1) is 19.6. The molecule has 2 heterocycles. The van der Waals surface area contributed by atoms with Crippen molar-refractivity contribution in [1.82, 2.24) is 4.98 Å². The molecule has 1 aromatic heterocycles. The van der Waals surface area contributed by atoms with E-state index in [0.717, 1.165) is 0 Å². The lowest BCUT2D eigenvalue weighted by atomic mass is 10.1. The van der Waals surface area contributed by atoms with Gasteiger partial charge in [-0.2, -0.15) is 0 Å². The van der Waals surface area contributed by atoms with Crippen molar-refractivity contribution < 1.29 is 27.4 Å². The number of benzene rings is 1. The van der Waals surface area contributed by atoms with Crippen molar-refractivity contribution in [2.45, 2.75) is 42.9 Å². The van der Waals surface area contributed by atoms with E-state index in [-0.39, 0.29) is 17.1 Å². The second-order valence-corrected chi connectivity index (χ2v) is 8.55. The summed E-state index contributed by atoms with van der Waals surface area (Å²) in [6, 6.07) is 5.01. The molecule has 0 saturated carbocycles. The van der Waals surface area contributed by atoms with Gasteiger partial charge in [-0.15, -0.1) is 0 Å². The average Bonchev–Trinajstić information content (AvgIpc) is 3.11. The van der Waals surface area contributed by atoms with Gasteiger partial charge in [-0.25, -0.2) is 13.2 Å². The molecule has 1 aromatic carbocycles. The highest BCUT2D eigenvalue weighted by Gasteiger charge is 2.40. The summed E-state index contributed by atoms with van der Waals surface area (Å²) in [6.45, 7) is 4.17. The zero-order chi connectivity index (χ0) is 19.6. The maximum atomic E-state index is 13.5. The normalized spacial score (nSPS) is 20.0.